The monoisotopic (exact) mass is 405 g/mol. The van der Waals surface area contributed by atoms with E-state index in [0.717, 1.165) is 19.3 Å². The Morgan fingerprint density at radius 1 is 0.759 bits per heavy atom. The first-order valence-corrected chi connectivity index (χ1v) is 12.4. The molecule has 0 aliphatic rings. The maximum Gasteiger partial charge on any atom is 0.194 e. The summed E-state index contributed by atoms with van der Waals surface area (Å²) in [4.78, 5) is 0. The van der Waals surface area contributed by atoms with Crippen LogP contribution in [0.3, 0.4) is 0 Å². The number of aromatic hydroxyl groups is 2. The smallest absolute Gasteiger partial charge is 0.194 e. The van der Waals surface area contributed by atoms with E-state index in [1.165, 1.54) is 89.0 Å². The van der Waals surface area contributed by atoms with Gasteiger partial charge in [-0.05, 0) is 19.8 Å². The van der Waals surface area contributed by atoms with Crippen molar-refractivity contribution < 1.29 is 10.2 Å². The lowest BCUT2D eigenvalue weighted by Crippen LogP contribution is -2.10. The van der Waals surface area contributed by atoms with Crippen LogP contribution in [0.1, 0.15) is 130 Å². The third-order valence-electron chi connectivity index (χ3n) is 6.07. The zero-order valence-electron chi connectivity index (χ0n) is 19.5. The second kappa shape index (κ2) is 16.4. The summed E-state index contributed by atoms with van der Waals surface area (Å²) in [6.45, 7) is 6.62. The quantitative estimate of drug-likeness (QED) is 0.189. The van der Waals surface area contributed by atoms with E-state index in [1.54, 1.807) is 16.7 Å². The molecule has 0 saturated carbocycles. The van der Waals surface area contributed by atoms with Gasteiger partial charge in [0.1, 0.15) is 0 Å². The number of rotatable bonds is 18. The molecule has 3 heteroatoms. The van der Waals surface area contributed by atoms with Crippen LogP contribution in [0.4, 0.5) is 0 Å². The summed E-state index contributed by atoms with van der Waals surface area (Å²) in [6.07, 6.45) is 22.8. The van der Waals surface area contributed by atoms with Gasteiger partial charge < -0.3 is 10.2 Å². The largest absolute Gasteiger partial charge is 0.494 e. The molecule has 0 saturated heterocycles. The second-order valence-corrected chi connectivity index (χ2v) is 8.70. The number of nitrogens with zero attached hydrogens (tertiary/aromatic N) is 1. The molecule has 1 heterocycles. The number of unbranched alkanes of at least 4 members (excludes halogenated alkanes) is 13. The molecule has 2 N–H and O–H groups in total. The van der Waals surface area contributed by atoms with E-state index >= 15 is 0 Å². The van der Waals surface area contributed by atoms with Crippen LogP contribution in [0.25, 0.3) is 0 Å². The van der Waals surface area contributed by atoms with Gasteiger partial charge in [0, 0.05) is 12.1 Å². The van der Waals surface area contributed by atoms with Crippen LogP contribution >= 0.6 is 0 Å². The lowest BCUT2D eigenvalue weighted by molar-refractivity contribution is 0.336. The first-order valence-electron chi connectivity index (χ1n) is 12.4. The Hall–Kier alpha value is -1.38. The summed E-state index contributed by atoms with van der Waals surface area (Å²) in [6, 6.07) is 3.23. The molecule has 0 spiro atoms. The first kappa shape index (κ1) is 25.7. The lowest BCUT2D eigenvalue weighted by atomic mass is 9.98. The highest BCUT2D eigenvalue weighted by Gasteiger charge is 2.18. The molecular formula is C26H47NO2. The molecule has 29 heavy (non-hydrogen) atoms. The lowest BCUT2D eigenvalue weighted by Gasteiger charge is -2.22. The van der Waals surface area contributed by atoms with Gasteiger partial charge in [0.15, 0.2) is 11.8 Å². The molecule has 1 aromatic rings. The average molecular weight is 406 g/mol. The van der Waals surface area contributed by atoms with Crippen molar-refractivity contribution in [2.45, 2.75) is 130 Å². The number of allylic oxidation sites excluding steroid dienone is 2. The molecule has 0 aromatic carbocycles. The SMILES string of the molecule is CCCCC=C(C)C(CCCCCCCCCCCCCC)n1c(O)ccc1O. The van der Waals surface area contributed by atoms with Crippen molar-refractivity contribution in [1.82, 2.24) is 4.57 Å². The van der Waals surface area contributed by atoms with Crippen LogP contribution in [0.2, 0.25) is 0 Å². The van der Waals surface area contributed by atoms with Gasteiger partial charge in [-0.25, -0.2) is 0 Å². The molecule has 1 aromatic heterocycles. The molecule has 3 nitrogen and oxygen atoms in total. The second-order valence-electron chi connectivity index (χ2n) is 8.70. The summed E-state index contributed by atoms with van der Waals surface area (Å²) >= 11 is 0. The van der Waals surface area contributed by atoms with Crippen molar-refractivity contribution in [3.63, 3.8) is 0 Å². The summed E-state index contributed by atoms with van der Waals surface area (Å²) < 4.78 is 1.69. The molecule has 0 bridgehead atoms. The van der Waals surface area contributed by atoms with E-state index in [9.17, 15) is 10.2 Å². The van der Waals surface area contributed by atoms with Crippen LogP contribution in [-0.4, -0.2) is 14.8 Å². The highest BCUT2D eigenvalue weighted by Crippen LogP contribution is 2.34. The van der Waals surface area contributed by atoms with Crippen molar-refractivity contribution >= 4 is 0 Å². The van der Waals surface area contributed by atoms with Crippen molar-refractivity contribution in [2.24, 2.45) is 0 Å². The van der Waals surface area contributed by atoms with E-state index in [2.05, 4.69) is 26.8 Å². The zero-order valence-corrected chi connectivity index (χ0v) is 19.5. The molecule has 168 valence electrons. The number of aromatic nitrogens is 1. The van der Waals surface area contributed by atoms with Gasteiger partial charge in [0.2, 0.25) is 0 Å². The van der Waals surface area contributed by atoms with Gasteiger partial charge in [0.05, 0.1) is 6.04 Å². The van der Waals surface area contributed by atoms with Gasteiger partial charge in [-0.2, -0.15) is 0 Å². The van der Waals surface area contributed by atoms with E-state index in [-0.39, 0.29) is 17.8 Å². The summed E-state index contributed by atoms with van der Waals surface area (Å²) in [5.41, 5.74) is 1.25. The predicted molar refractivity (Wildman–Crippen MR) is 126 cm³/mol. The maximum atomic E-state index is 10.2. The van der Waals surface area contributed by atoms with Gasteiger partial charge >= 0.3 is 0 Å². The standard InChI is InChI=1S/C26H47NO2/c1-4-6-8-9-10-11-12-13-14-15-16-18-20-24(23(3)19-17-7-5-2)27-25(28)21-22-26(27)29/h19,21-22,24,28-29H,4-18,20H2,1-3H3. The maximum absolute atomic E-state index is 10.2. The zero-order chi connectivity index (χ0) is 21.3. The molecule has 1 atom stereocenters. The van der Waals surface area contributed by atoms with E-state index < -0.39 is 0 Å². The minimum absolute atomic E-state index is 0.0602. The Balaban J connectivity index is 2.30. The van der Waals surface area contributed by atoms with Crippen molar-refractivity contribution in [3.05, 3.63) is 23.8 Å². The Morgan fingerprint density at radius 2 is 1.21 bits per heavy atom. The number of hydrogen-bond acceptors (Lipinski definition) is 2. The molecule has 0 fully saturated rings. The van der Waals surface area contributed by atoms with E-state index in [0.29, 0.717) is 0 Å². The van der Waals surface area contributed by atoms with Crippen LogP contribution in [0.15, 0.2) is 23.8 Å². The van der Waals surface area contributed by atoms with Crippen molar-refractivity contribution in [3.8, 4) is 11.8 Å². The third kappa shape index (κ3) is 10.8. The fraction of sp³-hybridized carbons (Fsp3) is 0.769. The van der Waals surface area contributed by atoms with Crippen molar-refractivity contribution in [2.75, 3.05) is 0 Å². The Morgan fingerprint density at radius 3 is 1.69 bits per heavy atom. The van der Waals surface area contributed by atoms with Gasteiger partial charge in [-0.1, -0.05) is 115 Å². The van der Waals surface area contributed by atoms with Crippen LogP contribution < -0.4 is 0 Å². The van der Waals surface area contributed by atoms with Gasteiger partial charge in [-0.3, -0.25) is 4.57 Å². The Labute approximate surface area is 180 Å². The summed E-state index contributed by atoms with van der Waals surface area (Å²) in [5.74, 6) is 0.323. The third-order valence-corrected chi connectivity index (χ3v) is 6.07. The molecule has 0 amide bonds. The molecule has 0 aliphatic carbocycles. The minimum atomic E-state index is 0.0602. The molecule has 0 radical (unpaired) electrons. The molecule has 0 aliphatic heterocycles. The predicted octanol–water partition coefficient (Wildman–Crippen LogP) is 8.67. The highest BCUT2D eigenvalue weighted by molar-refractivity contribution is 5.28. The summed E-state index contributed by atoms with van der Waals surface area (Å²) in [7, 11) is 0. The van der Waals surface area contributed by atoms with Gasteiger partial charge in [0.25, 0.3) is 0 Å². The number of hydrogen-bond donors (Lipinski definition) is 2. The Kier molecular flexibility index (Phi) is 14.5. The summed E-state index contributed by atoms with van der Waals surface area (Å²) in [5, 5.41) is 20.4. The van der Waals surface area contributed by atoms with E-state index in [1.807, 2.05) is 0 Å². The Bertz CT molecular complexity index is 527. The highest BCUT2D eigenvalue weighted by atomic mass is 16.3. The van der Waals surface area contributed by atoms with E-state index in [4.69, 9.17) is 0 Å². The normalized spacial score (nSPS) is 13.1. The molecule has 1 unspecified atom stereocenters. The fourth-order valence-corrected chi connectivity index (χ4v) is 4.16. The topological polar surface area (TPSA) is 45.4 Å². The van der Waals surface area contributed by atoms with Crippen LogP contribution in [-0.2, 0) is 0 Å². The molecular weight excluding hydrogens is 358 g/mol. The minimum Gasteiger partial charge on any atom is -0.494 e. The average Bonchev–Trinajstić information content (AvgIpc) is 3.04. The van der Waals surface area contributed by atoms with Gasteiger partial charge in [-0.15, -0.1) is 0 Å². The van der Waals surface area contributed by atoms with Crippen LogP contribution in [0, 0.1) is 0 Å². The molecule has 1 rings (SSSR count). The fourth-order valence-electron chi connectivity index (χ4n) is 4.16. The first-order chi connectivity index (χ1) is 14.1. The van der Waals surface area contributed by atoms with Crippen LogP contribution in [0.5, 0.6) is 11.8 Å². The van der Waals surface area contributed by atoms with Crippen molar-refractivity contribution in [1.29, 1.82) is 0 Å².